The summed E-state index contributed by atoms with van der Waals surface area (Å²) in [5, 5.41) is 2.79. The number of rotatable bonds is 5. The van der Waals surface area contributed by atoms with Crippen LogP contribution in [0.4, 0.5) is 11.4 Å². The van der Waals surface area contributed by atoms with E-state index in [9.17, 15) is 14.4 Å². The predicted molar refractivity (Wildman–Crippen MR) is 115 cm³/mol. The molecular weight excluding hydrogens is 396 g/mol. The highest BCUT2D eigenvalue weighted by Gasteiger charge is 2.60. The normalized spacial score (nSPS) is 24.4. The zero-order chi connectivity index (χ0) is 22.2. The third kappa shape index (κ3) is 3.70. The number of benzene rings is 2. The first-order chi connectivity index (χ1) is 14.8. The van der Waals surface area contributed by atoms with E-state index in [-0.39, 0.29) is 30.1 Å². The zero-order valence-electron chi connectivity index (χ0n) is 17.9. The number of esters is 1. The number of hydrogen-bond donors (Lipinski definition) is 1. The second-order valence-corrected chi connectivity index (χ2v) is 8.18. The van der Waals surface area contributed by atoms with Crippen molar-refractivity contribution in [2.75, 3.05) is 17.3 Å². The number of amides is 2. The fourth-order valence-electron chi connectivity index (χ4n) is 4.67. The molecule has 2 aliphatic rings. The van der Waals surface area contributed by atoms with Crippen LogP contribution in [0.3, 0.4) is 0 Å². The van der Waals surface area contributed by atoms with Crippen LogP contribution in [0.1, 0.15) is 37.8 Å². The number of anilines is 2. The number of nitrogens with zero attached hydrogens (tertiary/aromatic N) is 1. The van der Waals surface area contributed by atoms with Gasteiger partial charge in [0, 0.05) is 24.1 Å². The molecule has 4 rings (SSSR count). The third-order valence-corrected chi connectivity index (χ3v) is 6.04. The van der Waals surface area contributed by atoms with Crippen molar-refractivity contribution in [2.24, 2.45) is 5.92 Å². The highest BCUT2D eigenvalue weighted by Crippen LogP contribution is 2.54. The van der Waals surface area contributed by atoms with E-state index in [1.807, 2.05) is 49.4 Å². The number of carbonyl (C=O) groups is 3. The lowest BCUT2D eigenvalue weighted by atomic mass is 9.82. The summed E-state index contributed by atoms with van der Waals surface area (Å²) >= 11 is 0. The largest absolute Gasteiger partial charge is 0.469 e. The lowest BCUT2D eigenvalue weighted by Crippen LogP contribution is -2.43. The fraction of sp³-hybridized carbons (Fsp3) is 0.375. The quantitative estimate of drug-likeness (QED) is 0.747. The van der Waals surface area contributed by atoms with E-state index in [1.165, 1.54) is 14.0 Å². The van der Waals surface area contributed by atoms with Gasteiger partial charge in [-0.3, -0.25) is 14.4 Å². The standard InChI is InChI=1S/C24H26N2O5/c1-15-11-19(13-22(28)30-3)31-24(15)20-12-18(25-16(2)27)9-10-21(20)26(23(24)29)14-17-7-5-4-6-8-17/h4-10,12,15,19H,11,13-14H2,1-3H3,(H,25,27)/t15-,19-,24+/m0/s1. The van der Waals surface area contributed by atoms with Crippen LogP contribution in [0.15, 0.2) is 48.5 Å². The Hall–Kier alpha value is -3.19. The SMILES string of the molecule is COC(=O)C[C@@H]1C[C@H](C)[C@]2(O1)C(=O)N(Cc1ccccc1)c1ccc(NC(C)=O)cc12. The zero-order valence-corrected chi connectivity index (χ0v) is 17.9. The Morgan fingerprint density at radius 2 is 1.97 bits per heavy atom. The smallest absolute Gasteiger partial charge is 0.308 e. The molecule has 0 radical (unpaired) electrons. The van der Waals surface area contributed by atoms with Crippen molar-refractivity contribution in [3.05, 3.63) is 59.7 Å². The molecule has 1 N–H and O–H groups in total. The fourth-order valence-corrected chi connectivity index (χ4v) is 4.67. The Morgan fingerprint density at radius 3 is 2.65 bits per heavy atom. The minimum Gasteiger partial charge on any atom is -0.469 e. The van der Waals surface area contributed by atoms with E-state index < -0.39 is 11.7 Å². The highest BCUT2D eigenvalue weighted by molar-refractivity contribution is 6.08. The lowest BCUT2D eigenvalue weighted by Gasteiger charge is -2.28. The summed E-state index contributed by atoms with van der Waals surface area (Å²) in [7, 11) is 1.34. The number of fused-ring (bicyclic) bond motifs is 2. The molecule has 0 saturated carbocycles. The van der Waals surface area contributed by atoms with Crippen LogP contribution < -0.4 is 10.2 Å². The van der Waals surface area contributed by atoms with E-state index in [0.29, 0.717) is 18.7 Å². The van der Waals surface area contributed by atoms with Gasteiger partial charge >= 0.3 is 5.97 Å². The van der Waals surface area contributed by atoms with Crippen LogP contribution in [0, 0.1) is 5.92 Å². The van der Waals surface area contributed by atoms with Crippen molar-refractivity contribution in [3.8, 4) is 0 Å². The van der Waals surface area contributed by atoms with E-state index in [2.05, 4.69) is 5.32 Å². The monoisotopic (exact) mass is 422 g/mol. The molecule has 2 aliphatic heterocycles. The molecule has 2 aromatic rings. The van der Waals surface area contributed by atoms with Gasteiger partial charge in [-0.1, -0.05) is 37.3 Å². The molecule has 7 heteroatoms. The van der Waals surface area contributed by atoms with Gasteiger partial charge in [0.25, 0.3) is 5.91 Å². The summed E-state index contributed by atoms with van der Waals surface area (Å²) in [6.07, 6.45) is 0.236. The lowest BCUT2D eigenvalue weighted by molar-refractivity contribution is -0.153. The van der Waals surface area contributed by atoms with Gasteiger partial charge in [-0.05, 0) is 30.2 Å². The molecule has 0 unspecified atom stereocenters. The van der Waals surface area contributed by atoms with Crippen molar-refractivity contribution in [1.29, 1.82) is 0 Å². The van der Waals surface area contributed by atoms with Crippen LogP contribution in [0.2, 0.25) is 0 Å². The average Bonchev–Trinajstić information content (AvgIpc) is 3.18. The predicted octanol–water partition coefficient (Wildman–Crippen LogP) is 3.38. The molecule has 0 bridgehead atoms. The first-order valence-electron chi connectivity index (χ1n) is 10.4. The van der Waals surface area contributed by atoms with Gasteiger partial charge in [0.2, 0.25) is 5.91 Å². The Morgan fingerprint density at radius 1 is 1.23 bits per heavy atom. The second-order valence-electron chi connectivity index (χ2n) is 8.18. The summed E-state index contributed by atoms with van der Waals surface area (Å²) in [5.74, 6) is -0.857. The molecule has 2 amide bonds. The molecule has 1 fully saturated rings. The molecule has 2 aromatic carbocycles. The molecule has 162 valence electrons. The summed E-state index contributed by atoms with van der Waals surface area (Å²) in [5.41, 5.74) is 1.89. The van der Waals surface area contributed by atoms with Crippen LogP contribution in [0.25, 0.3) is 0 Å². The van der Waals surface area contributed by atoms with Crippen molar-refractivity contribution in [3.63, 3.8) is 0 Å². The molecule has 1 saturated heterocycles. The summed E-state index contributed by atoms with van der Waals surface area (Å²) in [6.45, 7) is 3.82. The van der Waals surface area contributed by atoms with Crippen LogP contribution in [-0.2, 0) is 36.0 Å². The van der Waals surface area contributed by atoms with Crippen LogP contribution in [-0.4, -0.2) is 31.0 Å². The minimum absolute atomic E-state index is 0.0925. The first kappa shape index (κ1) is 21.1. The van der Waals surface area contributed by atoms with Gasteiger partial charge in [-0.25, -0.2) is 0 Å². The molecule has 3 atom stereocenters. The van der Waals surface area contributed by atoms with Crippen LogP contribution >= 0.6 is 0 Å². The van der Waals surface area contributed by atoms with E-state index in [0.717, 1.165) is 16.8 Å². The maximum absolute atomic E-state index is 13.8. The minimum atomic E-state index is -1.20. The molecule has 0 aromatic heterocycles. The van der Waals surface area contributed by atoms with E-state index in [4.69, 9.17) is 9.47 Å². The number of ether oxygens (including phenoxy) is 2. The topological polar surface area (TPSA) is 84.9 Å². The number of hydrogen-bond acceptors (Lipinski definition) is 5. The third-order valence-electron chi connectivity index (χ3n) is 6.04. The molecule has 2 heterocycles. The number of carbonyl (C=O) groups excluding carboxylic acids is 3. The van der Waals surface area contributed by atoms with Gasteiger partial charge < -0.3 is 19.7 Å². The van der Waals surface area contributed by atoms with Gasteiger partial charge in [0.15, 0.2) is 5.60 Å². The average molecular weight is 422 g/mol. The van der Waals surface area contributed by atoms with Gasteiger partial charge in [0.05, 0.1) is 31.9 Å². The van der Waals surface area contributed by atoms with Gasteiger partial charge in [-0.2, -0.15) is 0 Å². The molecular formula is C24H26N2O5. The Kier molecular flexibility index (Phi) is 5.54. The second kappa shape index (κ2) is 8.15. The maximum Gasteiger partial charge on any atom is 0.308 e. The van der Waals surface area contributed by atoms with E-state index in [1.54, 1.807) is 11.0 Å². The molecule has 0 aliphatic carbocycles. The van der Waals surface area contributed by atoms with Crippen molar-refractivity contribution >= 4 is 29.2 Å². The first-order valence-corrected chi connectivity index (χ1v) is 10.4. The van der Waals surface area contributed by atoms with Crippen molar-refractivity contribution in [2.45, 2.75) is 44.9 Å². The molecule has 31 heavy (non-hydrogen) atoms. The molecule has 1 spiro atoms. The van der Waals surface area contributed by atoms with Gasteiger partial charge in [0.1, 0.15) is 0 Å². The summed E-state index contributed by atoms with van der Waals surface area (Å²) in [6, 6.07) is 15.2. The van der Waals surface area contributed by atoms with E-state index >= 15 is 0 Å². The van der Waals surface area contributed by atoms with Crippen LogP contribution in [0.5, 0.6) is 0 Å². The number of methoxy groups -OCH3 is 1. The summed E-state index contributed by atoms with van der Waals surface area (Å²) in [4.78, 5) is 39.0. The number of nitrogens with one attached hydrogen (secondary N) is 1. The Balaban J connectivity index is 1.76. The van der Waals surface area contributed by atoms with Crippen molar-refractivity contribution in [1.82, 2.24) is 0 Å². The molecule has 7 nitrogen and oxygen atoms in total. The Labute approximate surface area is 181 Å². The van der Waals surface area contributed by atoms with Crippen molar-refractivity contribution < 1.29 is 23.9 Å². The maximum atomic E-state index is 13.8. The summed E-state index contributed by atoms with van der Waals surface area (Å²) < 4.78 is 11.2. The van der Waals surface area contributed by atoms with Gasteiger partial charge in [-0.15, -0.1) is 0 Å². The Bertz CT molecular complexity index is 1020. The highest BCUT2D eigenvalue weighted by atomic mass is 16.5.